The molecule has 0 fully saturated rings. The van der Waals surface area contributed by atoms with Gasteiger partial charge in [-0.1, -0.05) is 64.4 Å². The van der Waals surface area contributed by atoms with Crippen molar-refractivity contribution in [3.8, 4) is 0 Å². The third kappa shape index (κ3) is 6.97. The largest absolute Gasteiger partial charge is 0.478 e. The predicted molar refractivity (Wildman–Crippen MR) is 156 cm³/mol. The Morgan fingerprint density at radius 2 is 1.82 bits per heavy atom. The Balaban J connectivity index is 2.06. The minimum atomic E-state index is -2.15. The van der Waals surface area contributed by atoms with Crippen molar-refractivity contribution in [2.75, 3.05) is 6.61 Å². The molecule has 0 saturated carbocycles. The Hall–Kier alpha value is -3.08. The summed E-state index contributed by atoms with van der Waals surface area (Å²) in [5.41, 5.74) is 1.99. The molecule has 0 radical (unpaired) electrons. The number of benzene rings is 2. The standard InChI is InChI=1S/C30H42N2O7Si/c1-7-8-13-26(32(37)38)27(33)24-15-14-21(29(35)36)17-25(24)28(34)31-18-22-12-10-9-11-20(22)16-23(31)19-39-40(5,6)30(2,3)4/h9-12,14-15,17,23,26-27,33H,7-8,13,16,18-19H2,1-6H3,(H,35,36). The van der Waals surface area contributed by atoms with Crippen LogP contribution in [0.15, 0.2) is 42.5 Å². The Kier molecular flexibility index (Phi) is 9.92. The van der Waals surface area contributed by atoms with Gasteiger partial charge in [-0.25, -0.2) is 4.79 Å². The first-order valence-electron chi connectivity index (χ1n) is 13.9. The summed E-state index contributed by atoms with van der Waals surface area (Å²) in [5, 5.41) is 32.7. The molecule has 1 aliphatic heterocycles. The lowest BCUT2D eigenvalue weighted by Crippen LogP contribution is -2.50. The number of nitrogens with zero attached hydrogens (tertiary/aromatic N) is 2. The molecule has 3 unspecified atom stereocenters. The summed E-state index contributed by atoms with van der Waals surface area (Å²) in [6, 6.07) is 10.0. The van der Waals surface area contributed by atoms with Crippen LogP contribution in [0, 0.1) is 10.1 Å². The van der Waals surface area contributed by atoms with Crippen LogP contribution in [0.25, 0.3) is 0 Å². The number of unbranched alkanes of at least 4 members (excludes halogenated alkanes) is 1. The van der Waals surface area contributed by atoms with E-state index in [0.29, 0.717) is 25.9 Å². The second-order valence-electron chi connectivity index (χ2n) is 12.2. The molecule has 1 amide bonds. The molecule has 9 nitrogen and oxygen atoms in total. The van der Waals surface area contributed by atoms with Gasteiger partial charge in [-0.15, -0.1) is 0 Å². The lowest BCUT2D eigenvalue weighted by Gasteiger charge is -2.41. The first kappa shape index (κ1) is 31.4. The minimum absolute atomic E-state index is 0.0302. The predicted octanol–water partition coefficient (Wildman–Crippen LogP) is 5.84. The molecule has 0 spiro atoms. The summed E-state index contributed by atoms with van der Waals surface area (Å²) >= 11 is 0. The lowest BCUT2D eigenvalue weighted by atomic mass is 9.90. The molecular formula is C30H42N2O7Si. The number of carboxylic acids is 1. The number of aliphatic hydroxyl groups excluding tert-OH is 1. The van der Waals surface area contributed by atoms with Crippen LogP contribution < -0.4 is 0 Å². The van der Waals surface area contributed by atoms with Crippen molar-refractivity contribution in [2.45, 2.75) is 96.2 Å². The van der Waals surface area contributed by atoms with E-state index in [1.807, 2.05) is 31.2 Å². The van der Waals surface area contributed by atoms with Gasteiger partial charge in [0.2, 0.25) is 6.04 Å². The number of carboxylic acid groups (broad SMARTS) is 1. The number of hydrogen-bond acceptors (Lipinski definition) is 6. The van der Waals surface area contributed by atoms with Gasteiger partial charge in [0.25, 0.3) is 5.91 Å². The molecule has 0 aliphatic carbocycles. The van der Waals surface area contributed by atoms with Gasteiger partial charge in [0.1, 0.15) is 6.10 Å². The smallest absolute Gasteiger partial charge is 0.335 e. The minimum Gasteiger partial charge on any atom is -0.478 e. The molecule has 0 bridgehead atoms. The van der Waals surface area contributed by atoms with Crippen LogP contribution in [0.3, 0.4) is 0 Å². The fraction of sp³-hybridized carbons (Fsp3) is 0.533. The number of amides is 1. The summed E-state index contributed by atoms with van der Waals surface area (Å²) in [6.07, 6.45) is 0.376. The maximum absolute atomic E-state index is 14.3. The molecule has 0 saturated heterocycles. The zero-order valence-electron chi connectivity index (χ0n) is 24.3. The van der Waals surface area contributed by atoms with Crippen molar-refractivity contribution >= 4 is 20.2 Å². The SMILES string of the molecule is CCCCC(C(O)c1ccc(C(=O)O)cc1C(=O)N1Cc2ccccc2CC1CO[Si](C)(C)C(C)(C)C)[N+](=O)[O-]. The number of carbonyl (C=O) groups excluding carboxylic acids is 1. The van der Waals surface area contributed by atoms with Crippen molar-refractivity contribution in [3.63, 3.8) is 0 Å². The van der Waals surface area contributed by atoms with E-state index >= 15 is 0 Å². The number of aliphatic hydroxyl groups is 1. The number of rotatable bonds is 11. The zero-order valence-corrected chi connectivity index (χ0v) is 25.3. The van der Waals surface area contributed by atoms with Gasteiger partial charge in [0.15, 0.2) is 8.32 Å². The molecular weight excluding hydrogens is 528 g/mol. The molecule has 0 aromatic heterocycles. The Bertz CT molecular complexity index is 1240. The summed E-state index contributed by atoms with van der Waals surface area (Å²) in [7, 11) is -2.15. The van der Waals surface area contributed by atoms with Gasteiger partial charge in [-0.2, -0.15) is 0 Å². The second-order valence-corrected chi connectivity index (χ2v) is 17.0. The molecule has 40 heavy (non-hydrogen) atoms. The summed E-state index contributed by atoms with van der Waals surface area (Å²) in [5.74, 6) is -1.71. The van der Waals surface area contributed by atoms with Crippen molar-refractivity contribution in [2.24, 2.45) is 0 Å². The highest BCUT2D eigenvalue weighted by atomic mass is 28.4. The van der Waals surface area contributed by atoms with E-state index in [-0.39, 0.29) is 40.7 Å². The monoisotopic (exact) mass is 570 g/mol. The number of fused-ring (bicyclic) bond motifs is 1. The van der Waals surface area contributed by atoms with Crippen molar-refractivity contribution in [1.29, 1.82) is 0 Å². The van der Waals surface area contributed by atoms with E-state index in [9.17, 15) is 29.9 Å². The summed E-state index contributed by atoms with van der Waals surface area (Å²) in [6.45, 7) is 13.2. The third-order valence-electron chi connectivity index (χ3n) is 8.40. The van der Waals surface area contributed by atoms with Crippen LogP contribution in [-0.2, 0) is 17.4 Å². The first-order valence-corrected chi connectivity index (χ1v) is 16.8. The second kappa shape index (κ2) is 12.6. The van der Waals surface area contributed by atoms with E-state index in [1.54, 1.807) is 4.90 Å². The van der Waals surface area contributed by atoms with E-state index in [2.05, 4.69) is 33.9 Å². The summed E-state index contributed by atoms with van der Waals surface area (Å²) < 4.78 is 6.53. The highest BCUT2D eigenvalue weighted by Crippen LogP contribution is 2.37. The van der Waals surface area contributed by atoms with E-state index < -0.39 is 37.3 Å². The van der Waals surface area contributed by atoms with Crippen LogP contribution >= 0.6 is 0 Å². The van der Waals surface area contributed by atoms with Gasteiger partial charge in [0.05, 0.1) is 18.2 Å². The van der Waals surface area contributed by atoms with Crippen LogP contribution in [0.2, 0.25) is 18.1 Å². The van der Waals surface area contributed by atoms with Gasteiger partial charge in [-0.3, -0.25) is 14.9 Å². The maximum atomic E-state index is 14.3. The van der Waals surface area contributed by atoms with Crippen LogP contribution in [0.4, 0.5) is 0 Å². The lowest BCUT2D eigenvalue weighted by molar-refractivity contribution is -0.537. The number of aromatic carboxylic acids is 1. The Labute approximate surface area is 237 Å². The molecule has 2 aromatic rings. The van der Waals surface area contributed by atoms with Gasteiger partial charge in [-0.05, 0) is 54.2 Å². The molecule has 3 rings (SSSR count). The average Bonchev–Trinajstić information content (AvgIpc) is 2.89. The van der Waals surface area contributed by atoms with Crippen LogP contribution in [-0.4, -0.2) is 58.9 Å². The molecule has 218 valence electrons. The first-order chi connectivity index (χ1) is 18.7. The topological polar surface area (TPSA) is 130 Å². The zero-order chi connectivity index (χ0) is 29.8. The Morgan fingerprint density at radius 3 is 2.40 bits per heavy atom. The van der Waals surface area contributed by atoms with E-state index in [4.69, 9.17) is 4.43 Å². The molecule has 2 aromatic carbocycles. The molecule has 1 heterocycles. The Morgan fingerprint density at radius 1 is 1.18 bits per heavy atom. The normalized spacial score (nSPS) is 17.2. The molecule has 10 heteroatoms. The number of nitro groups is 1. The van der Waals surface area contributed by atoms with Crippen LogP contribution in [0.1, 0.15) is 90.5 Å². The highest BCUT2D eigenvalue weighted by molar-refractivity contribution is 6.74. The maximum Gasteiger partial charge on any atom is 0.335 e. The van der Waals surface area contributed by atoms with Crippen molar-refractivity contribution in [3.05, 3.63) is 80.4 Å². The van der Waals surface area contributed by atoms with Gasteiger partial charge >= 0.3 is 5.97 Å². The summed E-state index contributed by atoms with van der Waals surface area (Å²) in [4.78, 5) is 39.1. The van der Waals surface area contributed by atoms with E-state index in [1.165, 1.54) is 18.2 Å². The van der Waals surface area contributed by atoms with Gasteiger partial charge < -0.3 is 19.5 Å². The highest BCUT2D eigenvalue weighted by Gasteiger charge is 2.40. The quantitative estimate of drug-likeness (QED) is 0.197. The number of hydrogen-bond donors (Lipinski definition) is 2. The molecule has 2 N–H and O–H groups in total. The van der Waals surface area contributed by atoms with E-state index in [0.717, 1.165) is 11.1 Å². The average molecular weight is 571 g/mol. The van der Waals surface area contributed by atoms with Crippen molar-refractivity contribution in [1.82, 2.24) is 4.90 Å². The molecule has 3 atom stereocenters. The van der Waals surface area contributed by atoms with Gasteiger partial charge in [0, 0.05) is 29.0 Å². The van der Waals surface area contributed by atoms with Crippen LogP contribution in [0.5, 0.6) is 0 Å². The third-order valence-corrected chi connectivity index (χ3v) is 12.9. The fourth-order valence-corrected chi connectivity index (χ4v) is 5.82. The molecule has 1 aliphatic rings. The fourth-order valence-electron chi connectivity index (χ4n) is 4.78. The van der Waals surface area contributed by atoms with Crippen molar-refractivity contribution < 1.29 is 29.2 Å². The number of carbonyl (C=O) groups is 2.